The van der Waals surface area contributed by atoms with E-state index in [1.165, 1.54) is 0 Å². The Labute approximate surface area is 262 Å². The van der Waals surface area contributed by atoms with Crippen LogP contribution in [0.2, 0.25) is 0 Å². The number of carbonyl (C=O) groups is 4. The lowest BCUT2D eigenvalue weighted by Gasteiger charge is -2.28. The molecule has 2 aromatic carbocycles. The summed E-state index contributed by atoms with van der Waals surface area (Å²) in [5.74, 6) is -2.06. The molecule has 12 nitrogen and oxygen atoms in total. The van der Waals surface area contributed by atoms with Crippen molar-refractivity contribution in [3.8, 4) is 0 Å². The maximum Gasteiger partial charge on any atom is 0.287 e. The van der Waals surface area contributed by atoms with Crippen LogP contribution in [-0.4, -0.2) is 54.3 Å². The van der Waals surface area contributed by atoms with Gasteiger partial charge in [0.05, 0.1) is 0 Å². The molecule has 1 aromatic heterocycles. The number of fused-ring (bicyclic) bond motifs is 1. The van der Waals surface area contributed by atoms with Gasteiger partial charge in [0.1, 0.15) is 23.7 Å². The van der Waals surface area contributed by atoms with Gasteiger partial charge in [-0.3, -0.25) is 24.2 Å². The predicted molar refractivity (Wildman–Crippen MR) is 172 cm³/mol. The third kappa shape index (κ3) is 10.1. The third-order valence-corrected chi connectivity index (χ3v) is 8.09. The van der Waals surface area contributed by atoms with Gasteiger partial charge in [0.15, 0.2) is 11.7 Å². The summed E-state index contributed by atoms with van der Waals surface area (Å²) in [4.78, 5) is 56.9. The number of amides is 4. The number of aliphatic imine (C=N–C) groups is 1. The highest BCUT2D eigenvalue weighted by molar-refractivity contribution is 5.99. The summed E-state index contributed by atoms with van der Waals surface area (Å²) < 4.78 is 5.74. The fourth-order valence-electron chi connectivity index (χ4n) is 5.70. The molecule has 0 spiro atoms. The Morgan fingerprint density at radius 3 is 2.18 bits per heavy atom. The number of guanidine groups is 1. The Bertz CT molecular complexity index is 1450. The fourth-order valence-corrected chi connectivity index (χ4v) is 5.70. The Morgan fingerprint density at radius 2 is 1.49 bits per heavy atom. The van der Waals surface area contributed by atoms with Gasteiger partial charge in [-0.1, -0.05) is 80.6 Å². The summed E-state index contributed by atoms with van der Waals surface area (Å²) in [7, 11) is 0. The molecule has 9 N–H and O–H groups in total. The normalized spacial score (nSPS) is 15.4. The largest absolute Gasteiger partial charge is 0.451 e. The molecule has 12 heteroatoms. The van der Waals surface area contributed by atoms with Crippen LogP contribution < -0.4 is 33.2 Å². The first-order valence-electron chi connectivity index (χ1n) is 15.5. The van der Waals surface area contributed by atoms with Gasteiger partial charge in [-0.2, -0.15) is 0 Å². The zero-order chi connectivity index (χ0) is 32.2. The smallest absolute Gasteiger partial charge is 0.287 e. The highest BCUT2D eigenvalue weighted by Gasteiger charge is 2.31. The van der Waals surface area contributed by atoms with E-state index in [4.69, 9.17) is 21.6 Å². The molecule has 4 amide bonds. The molecule has 1 aliphatic rings. The van der Waals surface area contributed by atoms with Crippen LogP contribution in [-0.2, 0) is 20.8 Å². The molecule has 0 aliphatic heterocycles. The van der Waals surface area contributed by atoms with Crippen LogP contribution in [0.15, 0.2) is 70.1 Å². The minimum absolute atomic E-state index is 0.0856. The predicted octanol–water partition coefficient (Wildman–Crippen LogP) is 2.25. The number of hydrogen-bond acceptors (Lipinski definition) is 6. The first-order valence-corrected chi connectivity index (χ1v) is 15.5. The number of benzene rings is 2. The van der Waals surface area contributed by atoms with Crippen molar-refractivity contribution in [1.29, 1.82) is 0 Å². The molecule has 1 aliphatic carbocycles. The Balaban J connectivity index is 1.51. The standard InChI is InChI=1S/C33H43N7O5/c34-29(41)25(18-21-10-3-1-4-11-21)39-30(42)24(15-9-17-37-33(35)36)38-31(43)26(19-22-12-5-2-6-13-22)40-32(44)28-20-23-14-7-8-16-27(23)45-28/h1,3-4,7-8,10-11,14,16,20,22,24-26H,2,5-6,9,12-13,15,17-19H2,(H2,34,41)(H,38,43)(H,39,42)(H,40,44)(H4,35,36,37)/t24-,25-,26-/m0/s1. The maximum atomic E-state index is 13.8. The molecule has 240 valence electrons. The van der Waals surface area contributed by atoms with Gasteiger partial charge in [0, 0.05) is 18.4 Å². The molecule has 1 saturated carbocycles. The van der Waals surface area contributed by atoms with Gasteiger partial charge in [-0.15, -0.1) is 0 Å². The fraction of sp³-hybridized carbons (Fsp3) is 0.424. The number of nitrogens with two attached hydrogens (primary N) is 3. The second-order valence-electron chi connectivity index (χ2n) is 11.6. The van der Waals surface area contributed by atoms with Crippen molar-refractivity contribution in [2.45, 2.75) is 75.9 Å². The van der Waals surface area contributed by atoms with Crippen molar-refractivity contribution in [1.82, 2.24) is 16.0 Å². The van der Waals surface area contributed by atoms with Crippen LogP contribution in [0.5, 0.6) is 0 Å². The summed E-state index contributed by atoms with van der Waals surface area (Å²) in [6.07, 6.45) is 6.31. The molecule has 0 saturated heterocycles. The lowest BCUT2D eigenvalue weighted by atomic mass is 9.84. The first kappa shape index (κ1) is 33.0. The van der Waals surface area contributed by atoms with Crippen LogP contribution in [0.1, 0.15) is 67.5 Å². The first-order chi connectivity index (χ1) is 21.7. The quantitative estimate of drug-likeness (QED) is 0.0850. The Kier molecular flexibility index (Phi) is 11.9. The SMILES string of the molecule is NC(=O)[C@H](Cc1ccccc1)NC(=O)[C@H](CCCN=C(N)N)NC(=O)[C@H](CC1CCCCC1)NC(=O)c1cc2ccccc2o1. The van der Waals surface area contributed by atoms with Crippen LogP contribution in [0, 0.1) is 5.92 Å². The van der Waals surface area contributed by atoms with Crippen molar-refractivity contribution in [3.05, 3.63) is 72.0 Å². The number of nitrogens with zero attached hydrogens (tertiary/aromatic N) is 1. The monoisotopic (exact) mass is 617 g/mol. The van der Waals surface area contributed by atoms with Crippen LogP contribution in [0.3, 0.4) is 0 Å². The molecular weight excluding hydrogens is 574 g/mol. The molecule has 0 unspecified atom stereocenters. The second kappa shape index (κ2) is 16.3. The van der Waals surface area contributed by atoms with Crippen molar-refractivity contribution < 1.29 is 23.6 Å². The maximum absolute atomic E-state index is 13.8. The summed E-state index contributed by atoms with van der Waals surface area (Å²) >= 11 is 0. The highest BCUT2D eigenvalue weighted by atomic mass is 16.3. The van der Waals surface area contributed by atoms with Gasteiger partial charge < -0.3 is 37.6 Å². The van der Waals surface area contributed by atoms with Gasteiger partial charge >= 0.3 is 0 Å². The lowest BCUT2D eigenvalue weighted by molar-refractivity contribution is -0.132. The zero-order valence-corrected chi connectivity index (χ0v) is 25.4. The highest BCUT2D eigenvalue weighted by Crippen LogP contribution is 2.28. The number of rotatable bonds is 15. The topological polar surface area (TPSA) is 208 Å². The summed E-state index contributed by atoms with van der Waals surface area (Å²) in [6.45, 7) is 0.236. The number of hydrogen-bond donors (Lipinski definition) is 6. The molecule has 1 fully saturated rings. The molecule has 0 bridgehead atoms. The molecule has 0 radical (unpaired) electrons. The van der Waals surface area contributed by atoms with Crippen molar-refractivity contribution in [2.24, 2.45) is 28.1 Å². The van der Waals surface area contributed by atoms with E-state index < -0.39 is 41.8 Å². The van der Waals surface area contributed by atoms with Gasteiger partial charge in [0.2, 0.25) is 17.7 Å². The summed E-state index contributed by atoms with van der Waals surface area (Å²) in [5.41, 5.74) is 17.9. The molecule has 1 heterocycles. The zero-order valence-electron chi connectivity index (χ0n) is 25.4. The van der Waals surface area contributed by atoms with Crippen LogP contribution >= 0.6 is 0 Å². The Hall–Kier alpha value is -4.87. The van der Waals surface area contributed by atoms with Crippen molar-refractivity contribution in [2.75, 3.05) is 6.54 Å². The number of primary amides is 1. The average molecular weight is 618 g/mol. The van der Waals surface area contributed by atoms with Crippen molar-refractivity contribution in [3.63, 3.8) is 0 Å². The van der Waals surface area contributed by atoms with Gasteiger partial charge in [0.25, 0.3) is 5.91 Å². The number of para-hydroxylation sites is 1. The van der Waals surface area contributed by atoms with E-state index in [2.05, 4.69) is 20.9 Å². The van der Waals surface area contributed by atoms with E-state index in [-0.39, 0.29) is 37.0 Å². The van der Waals surface area contributed by atoms with Crippen LogP contribution in [0.4, 0.5) is 0 Å². The average Bonchev–Trinajstić information content (AvgIpc) is 3.47. The van der Waals surface area contributed by atoms with Gasteiger partial charge in [-0.25, -0.2) is 0 Å². The van der Waals surface area contributed by atoms with Crippen LogP contribution in [0.25, 0.3) is 11.0 Å². The van der Waals surface area contributed by atoms with E-state index >= 15 is 0 Å². The molecule has 45 heavy (non-hydrogen) atoms. The number of furan rings is 1. The molecular formula is C33H43N7O5. The summed E-state index contributed by atoms with van der Waals surface area (Å²) in [6, 6.07) is 15.1. The second-order valence-corrected chi connectivity index (χ2v) is 11.6. The molecule has 3 aromatic rings. The summed E-state index contributed by atoms with van der Waals surface area (Å²) in [5, 5.41) is 9.16. The Morgan fingerprint density at radius 1 is 0.822 bits per heavy atom. The van der Waals surface area contributed by atoms with Gasteiger partial charge in [-0.05, 0) is 42.9 Å². The van der Waals surface area contributed by atoms with E-state index in [1.807, 2.05) is 48.5 Å². The number of nitrogens with one attached hydrogen (secondary N) is 3. The third-order valence-electron chi connectivity index (χ3n) is 8.09. The van der Waals surface area contributed by atoms with Crippen molar-refractivity contribution >= 4 is 40.6 Å². The van der Waals surface area contributed by atoms with E-state index in [1.54, 1.807) is 12.1 Å². The van der Waals surface area contributed by atoms with E-state index in [0.29, 0.717) is 18.4 Å². The minimum atomic E-state index is -1.04. The minimum Gasteiger partial charge on any atom is -0.451 e. The van der Waals surface area contributed by atoms with E-state index in [0.717, 1.165) is 43.1 Å². The number of carbonyl (C=O) groups excluding carboxylic acids is 4. The van der Waals surface area contributed by atoms with E-state index in [9.17, 15) is 19.2 Å². The lowest BCUT2D eigenvalue weighted by Crippen LogP contribution is -2.57. The molecule has 3 atom stereocenters. The molecule has 4 rings (SSSR count).